The fourth-order valence-corrected chi connectivity index (χ4v) is 1.88. The Hall–Kier alpha value is -2.56. The molecule has 1 aromatic heterocycles. The molecule has 0 saturated carbocycles. The molecule has 2 N–H and O–H groups in total. The van der Waals surface area contributed by atoms with Crippen molar-refractivity contribution in [3.05, 3.63) is 53.9 Å². The number of ether oxygens (including phenoxy) is 1. The molecule has 0 aliphatic rings. The largest absolute Gasteiger partial charge is 0.497 e. The van der Waals surface area contributed by atoms with Crippen LogP contribution in [0.15, 0.2) is 42.7 Å². The summed E-state index contributed by atoms with van der Waals surface area (Å²) in [5.74, 6) is 0.668. The number of anilines is 1. The van der Waals surface area contributed by atoms with E-state index < -0.39 is 0 Å². The fraction of sp³-hybridized carbons (Fsp3) is 0.200. The predicted octanol–water partition coefficient (Wildman–Crippen LogP) is 1.94. The van der Waals surface area contributed by atoms with Gasteiger partial charge >= 0.3 is 0 Å². The third-order valence-corrected chi connectivity index (χ3v) is 3.01. The van der Waals surface area contributed by atoms with Crippen molar-refractivity contribution in [2.45, 2.75) is 6.54 Å². The van der Waals surface area contributed by atoms with Crippen molar-refractivity contribution in [2.75, 3.05) is 19.9 Å². The highest BCUT2D eigenvalue weighted by molar-refractivity contribution is 5.98. The standard InChI is InChI=1S/C15H17N3O2/c1-18(10-11-3-5-12(20-2)6-4-11)15(19)13-7-8-17-9-14(13)16/h3-9H,10,16H2,1-2H3. The van der Waals surface area contributed by atoms with Crippen LogP contribution in [0.5, 0.6) is 5.75 Å². The minimum absolute atomic E-state index is 0.124. The van der Waals surface area contributed by atoms with Crippen LogP contribution in [-0.2, 0) is 6.54 Å². The molecule has 0 fully saturated rings. The Bertz CT molecular complexity index is 596. The minimum Gasteiger partial charge on any atom is -0.497 e. The van der Waals surface area contributed by atoms with E-state index in [0.717, 1.165) is 11.3 Å². The molecule has 0 aliphatic heterocycles. The monoisotopic (exact) mass is 271 g/mol. The Kier molecular flexibility index (Phi) is 4.20. The van der Waals surface area contributed by atoms with Gasteiger partial charge in [0.05, 0.1) is 24.6 Å². The number of rotatable bonds is 4. The lowest BCUT2D eigenvalue weighted by Gasteiger charge is -2.18. The van der Waals surface area contributed by atoms with Gasteiger partial charge in [-0.05, 0) is 23.8 Å². The van der Waals surface area contributed by atoms with Gasteiger partial charge in [-0.2, -0.15) is 0 Å². The van der Waals surface area contributed by atoms with Crippen LogP contribution in [0.2, 0.25) is 0 Å². The van der Waals surface area contributed by atoms with E-state index >= 15 is 0 Å². The molecule has 0 unspecified atom stereocenters. The molecule has 2 rings (SSSR count). The number of hydrogen-bond donors (Lipinski definition) is 1. The molecular formula is C15H17N3O2. The molecule has 0 aliphatic carbocycles. The van der Waals surface area contributed by atoms with Crippen molar-refractivity contribution in [3.63, 3.8) is 0 Å². The van der Waals surface area contributed by atoms with Crippen LogP contribution in [-0.4, -0.2) is 29.9 Å². The molecule has 5 heteroatoms. The lowest BCUT2D eigenvalue weighted by molar-refractivity contribution is 0.0786. The smallest absolute Gasteiger partial charge is 0.256 e. The van der Waals surface area contributed by atoms with Gasteiger partial charge < -0.3 is 15.4 Å². The summed E-state index contributed by atoms with van der Waals surface area (Å²) in [6.07, 6.45) is 3.04. The van der Waals surface area contributed by atoms with E-state index in [1.807, 2.05) is 24.3 Å². The van der Waals surface area contributed by atoms with Gasteiger partial charge in [0.25, 0.3) is 5.91 Å². The van der Waals surface area contributed by atoms with Crippen LogP contribution in [0.3, 0.4) is 0 Å². The van der Waals surface area contributed by atoms with Crippen LogP contribution >= 0.6 is 0 Å². The van der Waals surface area contributed by atoms with Crippen molar-refractivity contribution in [3.8, 4) is 5.75 Å². The number of carbonyl (C=O) groups excluding carboxylic acids is 1. The van der Waals surface area contributed by atoms with Gasteiger partial charge in [0.2, 0.25) is 0 Å². The number of methoxy groups -OCH3 is 1. The summed E-state index contributed by atoms with van der Waals surface area (Å²) < 4.78 is 5.10. The van der Waals surface area contributed by atoms with Crippen LogP contribution in [0.25, 0.3) is 0 Å². The first-order chi connectivity index (χ1) is 9.61. The van der Waals surface area contributed by atoms with E-state index in [2.05, 4.69) is 4.98 Å². The van der Waals surface area contributed by atoms with Crippen molar-refractivity contribution >= 4 is 11.6 Å². The zero-order valence-corrected chi connectivity index (χ0v) is 11.5. The summed E-state index contributed by atoms with van der Waals surface area (Å²) in [5, 5.41) is 0. The molecule has 2 aromatic rings. The molecule has 5 nitrogen and oxygen atoms in total. The number of nitrogens with two attached hydrogens (primary N) is 1. The first-order valence-electron chi connectivity index (χ1n) is 6.19. The first kappa shape index (κ1) is 13.9. The Morgan fingerprint density at radius 1 is 1.30 bits per heavy atom. The van der Waals surface area contributed by atoms with Crippen LogP contribution < -0.4 is 10.5 Å². The van der Waals surface area contributed by atoms with Gasteiger partial charge in [-0.3, -0.25) is 9.78 Å². The second-order valence-corrected chi connectivity index (χ2v) is 4.47. The lowest BCUT2D eigenvalue weighted by Crippen LogP contribution is -2.27. The third kappa shape index (κ3) is 3.06. The molecule has 0 saturated heterocycles. The third-order valence-electron chi connectivity index (χ3n) is 3.01. The molecular weight excluding hydrogens is 254 g/mol. The van der Waals surface area contributed by atoms with E-state index in [1.54, 1.807) is 31.3 Å². The maximum Gasteiger partial charge on any atom is 0.256 e. The lowest BCUT2D eigenvalue weighted by atomic mass is 10.1. The Morgan fingerprint density at radius 2 is 2.00 bits per heavy atom. The molecule has 1 heterocycles. The number of nitrogens with zero attached hydrogens (tertiary/aromatic N) is 2. The molecule has 1 aromatic carbocycles. The number of aromatic nitrogens is 1. The van der Waals surface area contributed by atoms with Gasteiger partial charge in [-0.15, -0.1) is 0 Å². The van der Waals surface area contributed by atoms with E-state index in [9.17, 15) is 4.79 Å². The Morgan fingerprint density at radius 3 is 2.60 bits per heavy atom. The quantitative estimate of drug-likeness (QED) is 0.922. The number of hydrogen-bond acceptors (Lipinski definition) is 4. The Balaban J connectivity index is 2.09. The van der Waals surface area contributed by atoms with Crippen LogP contribution in [0.4, 0.5) is 5.69 Å². The van der Waals surface area contributed by atoms with Crippen molar-refractivity contribution < 1.29 is 9.53 Å². The Labute approximate surface area is 118 Å². The van der Waals surface area contributed by atoms with Gasteiger partial charge in [0.1, 0.15) is 5.75 Å². The number of pyridine rings is 1. The predicted molar refractivity (Wildman–Crippen MR) is 77.4 cm³/mol. The second kappa shape index (κ2) is 6.06. The fourth-order valence-electron chi connectivity index (χ4n) is 1.88. The highest BCUT2D eigenvalue weighted by atomic mass is 16.5. The maximum atomic E-state index is 12.3. The average Bonchev–Trinajstić information content (AvgIpc) is 2.48. The normalized spacial score (nSPS) is 10.1. The zero-order valence-electron chi connectivity index (χ0n) is 11.5. The number of carbonyl (C=O) groups is 1. The van der Waals surface area contributed by atoms with Gasteiger partial charge in [0, 0.05) is 19.8 Å². The molecule has 0 radical (unpaired) electrons. The highest BCUT2D eigenvalue weighted by Crippen LogP contribution is 2.15. The van der Waals surface area contributed by atoms with Crippen LogP contribution in [0.1, 0.15) is 15.9 Å². The van der Waals surface area contributed by atoms with E-state index in [1.165, 1.54) is 6.20 Å². The van der Waals surface area contributed by atoms with E-state index in [4.69, 9.17) is 10.5 Å². The summed E-state index contributed by atoms with van der Waals surface area (Å²) >= 11 is 0. The van der Waals surface area contributed by atoms with E-state index in [-0.39, 0.29) is 5.91 Å². The van der Waals surface area contributed by atoms with Gasteiger partial charge in [-0.25, -0.2) is 0 Å². The summed E-state index contributed by atoms with van der Waals surface area (Å²) in [6, 6.07) is 9.22. The molecule has 20 heavy (non-hydrogen) atoms. The van der Waals surface area contributed by atoms with Gasteiger partial charge in [-0.1, -0.05) is 12.1 Å². The molecule has 1 amide bonds. The summed E-state index contributed by atoms with van der Waals surface area (Å²) in [6.45, 7) is 0.505. The summed E-state index contributed by atoms with van der Waals surface area (Å²) in [4.78, 5) is 17.8. The number of benzene rings is 1. The molecule has 0 atom stereocenters. The van der Waals surface area contributed by atoms with Crippen LogP contribution in [0, 0.1) is 0 Å². The molecule has 104 valence electrons. The number of nitrogen functional groups attached to an aromatic ring is 1. The molecule has 0 bridgehead atoms. The van der Waals surface area contributed by atoms with E-state index in [0.29, 0.717) is 17.8 Å². The second-order valence-electron chi connectivity index (χ2n) is 4.47. The first-order valence-corrected chi connectivity index (χ1v) is 6.19. The van der Waals surface area contributed by atoms with Crippen molar-refractivity contribution in [1.29, 1.82) is 0 Å². The highest BCUT2D eigenvalue weighted by Gasteiger charge is 2.14. The average molecular weight is 271 g/mol. The SMILES string of the molecule is COc1ccc(CN(C)C(=O)c2ccncc2N)cc1. The zero-order chi connectivity index (χ0) is 14.5. The summed E-state index contributed by atoms with van der Waals surface area (Å²) in [5.41, 5.74) is 7.64. The molecule has 0 spiro atoms. The topological polar surface area (TPSA) is 68.5 Å². The summed E-state index contributed by atoms with van der Waals surface area (Å²) in [7, 11) is 3.36. The number of amides is 1. The van der Waals surface area contributed by atoms with Gasteiger partial charge in [0.15, 0.2) is 0 Å². The van der Waals surface area contributed by atoms with Crippen molar-refractivity contribution in [1.82, 2.24) is 9.88 Å². The van der Waals surface area contributed by atoms with Crippen molar-refractivity contribution in [2.24, 2.45) is 0 Å². The minimum atomic E-state index is -0.124. The maximum absolute atomic E-state index is 12.3.